The first-order valence-corrected chi connectivity index (χ1v) is 7.99. The number of benzene rings is 1. The third-order valence-electron chi connectivity index (χ3n) is 3.79. The zero-order valence-electron chi connectivity index (χ0n) is 13.3. The van der Waals surface area contributed by atoms with Gasteiger partial charge < -0.3 is 15.4 Å². The third kappa shape index (κ3) is 6.24. The van der Waals surface area contributed by atoms with Gasteiger partial charge in [0.15, 0.2) is 0 Å². The zero-order chi connectivity index (χ0) is 14.9. The average Bonchev–Trinajstić information content (AvgIpc) is 2.54. The van der Waals surface area contributed by atoms with Crippen LogP contribution in [0.15, 0.2) is 24.3 Å². The van der Waals surface area contributed by atoms with Crippen molar-refractivity contribution in [1.82, 2.24) is 10.6 Å². The number of ether oxygens (including phenoxy) is 1. The van der Waals surface area contributed by atoms with Crippen LogP contribution in [0.25, 0.3) is 0 Å². The number of nitrogens with one attached hydrogen (secondary N) is 2. The van der Waals surface area contributed by atoms with Crippen molar-refractivity contribution >= 4 is 18.3 Å². The van der Waals surface area contributed by atoms with Crippen molar-refractivity contribution in [2.24, 2.45) is 5.92 Å². The van der Waals surface area contributed by atoms with Gasteiger partial charge in [0.1, 0.15) is 5.75 Å². The molecule has 0 spiro atoms. The summed E-state index contributed by atoms with van der Waals surface area (Å²) in [4.78, 5) is 12.0. The molecule has 1 aromatic carbocycles. The lowest BCUT2D eigenvalue weighted by Gasteiger charge is -2.21. The Bertz CT molecular complexity index is 448. The molecule has 4 nitrogen and oxygen atoms in total. The molecule has 0 saturated carbocycles. The first kappa shape index (κ1) is 18.8. The Labute approximate surface area is 139 Å². The largest absolute Gasteiger partial charge is 0.494 e. The van der Waals surface area contributed by atoms with Crippen molar-refractivity contribution in [3.8, 4) is 5.75 Å². The number of piperidine rings is 1. The molecule has 0 radical (unpaired) electrons. The van der Waals surface area contributed by atoms with E-state index in [1.165, 1.54) is 5.56 Å². The average molecular weight is 327 g/mol. The topological polar surface area (TPSA) is 50.4 Å². The molecule has 1 aromatic rings. The maximum atomic E-state index is 12.0. The molecule has 1 saturated heterocycles. The lowest BCUT2D eigenvalue weighted by atomic mass is 9.97. The summed E-state index contributed by atoms with van der Waals surface area (Å²) in [5.74, 6) is 1.30. The van der Waals surface area contributed by atoms with Crippen molar-refractivity contribution in [2.75, 3.05) is 26.2 Å². The second kappa shape index (κ2) is 10.5. The second-order valence-corrected chi connectivity index (χ2v) is 5.56. The fourth-order valence-corrected chi connectivity index (χ4v) is 2.57. The van der Waals surface area contributed by atoms with Gasteiger partial charge in [-0.15, -0.1) is 12.4 Å². The summed E-state index contributed by atoms with van der Waals surface area (Å²) in [5, 5.41) is 6.34. The number of hydrogen-bond acceptors (Lipinski definition) is 3. The second-order valence-electron chi connectivity index (χ2n) is 5.56. The van der Waals surface area contributed by atoms with E-state index in [1.54, 1.807) is 0 Å². The molecule has 22 heavy (non-hydrogen) atoms. The SMILES string of the molecule is CCCOc1cccc(CCNC(=O)C2CCNCC2)c1.Cl. The predicted octanol–water partition coefficient (Wildman–Crippen LogP) is 2.56. The van der Waals surface area contributed by atoms with E-state index in [9.17, 15) is 4.79 Å². The molecule has 5 heteroatoms. The van der Waals surface area contributed by atoms with E-state index in [-0.39, 0.29) is 24.2 Å². The van der Waals surface area contributed by atoms with Crippen LogP contribution < -0.4 is 15.4 Å². The van der Waals surface area contributed by atoms with Gasteiger partial charge >= 0.3 is 0 Å². The number of carbonyl (C=O) groups is 1. The van der Waals surface area contributed by atoms with Crippen LogP contribution in [0.5, 0.6) is 5.75 Å². The van der Waals surface area contributed by atoms with E-state index >= 15 is 0 Å². The standard InChI is InChI=1S/C17H26N2O2.ClH/c1-2-12-21-16-5-3-4-14(13-16)6-11-19-17(20)15-7-9-18-10-8-15;/h3-5,13,15,18H,2,6-12H2,1H3,(H,19,20);1H. The van der Waals surface area contributed by atoms with E-state index in [2.05, 4.69) is 29.7 Å². The van der Waals surface area contributed by atoms with Gasteiger partial charge in [0, 0.05) is 12.5 Å². The summed E-state index contributed by atoms with van der Waals surface area (Å²) in [5.41, 5.74) is 1.20. The monoisotopic (exact) mass is 326 g/mol. The lowest BCUT2D eigenvalue weighted by molar-refractivity contribution is -0.125. The lowest BCUT2D eigenvalue weighted by Crippen LogP contribution is -2.38. The molecule has 1 aliphatic rings. The van der Waals surface area contributed by atoms with Crippen molar-refractivity contribution in [3.05, 3.63) is 29.8 Å². The van der Waals surface area contributed by atoms with Crippen LogP contribution in [0.2, 0.25) is 0 Å². The van der Waals surface area contributed by atoms with E-state index < -0.39 is 0 Å². The molecule has 2 rings (SSSR count). The highest BCUT2D eigenvalue weighted by Crippen LogP contribution is 2.14. The summed E-state index contributed by atoms with van der Waals surface area (Å²) < 4.78 is 5.62. The first-order valence-electron chi connectivity index (χ1n) is 7.99. The smallest absolute Gasteiger partial charge is 0.223 e. The minimum Gasteiger partial charge on any atom is -0.494 e. The van der Waals surface area contributed by atoms with Gasteiger partial charge in [0.05, 0.1) is 6.61 Å². The molecule has 0 aromatic heterocycles. The third-order valence-corrected chi connectivity index (χ3v) is 3.79. The predicted molar refractivity (Wildman–Crippen MR) is 91.8 cm³/mol. The Morgan fingerprint density at radius 2 is 2.14 bits per heavy atom. The van der Waals surface area contributed by atoms with E-state index in [0.717, 1.165) is 51.1 Å². The minimum absolute atomic E-state index is 0. The maximum absolute atomic E-state index is 12.0. The van der Waals surface area contributed by atoms with Crippen LogP contribution in [0.1, 0.15) is 31.7 Å². The molecule has 0 unspecified atom stereocenters. The molecule has 1 aliphatic heterocycles. The molecular weight excluding hydrogens is 300 g/mol. The first-order chi connectivity index (χ1) is 10.3. The summed E-state index contributed by atoms with van der Waals surface area (Å²) in [6.07, 6.45) is 3.76. The number of carbonyl (C=O) groups excluding carboxylic acids is 1. The van der Waals surface area contributed by atoms with Crippen molar-refractivity contribution in [1.29, 1.82) is 0 Å². The molecule has 0 atom stereocenters. The zero-order valence-corrected chi connectivity index (χ0v) is 14.1. The van der Waals surface area contributed by atoms with Crippen LogP contribution in [0.3, 0.4) is 0 Å². The van der Waals surface area contributed by atoms with Gasteiger partial charge in [-0.2, -0.15) is 0 Å². The Balaban J connectivity index is 0.00000242. The molecule has 124 valence electrons. The quantitative estimate of drug-likeness (QED) is 0.809. The van der Waals surface area contributed by atoms with Crippen LogP contribution >= 0.6 is 12.4 Å². The number of halogens is 1. The van der Waals surface area contributed by atoms with Crippen molar-refractivity contribution in [3.63, 3.8) is 0 Å². The van der Waals surface area contributed by atoms with Gasteiger partial charge in [-0.25, -0.2) is 0 Å². The summed E-state index contributed by atoms with van der Waals surface area (Å²) >= 11 is 0. The fourth-order valence-electron chi connectivity index (χ4n) is 2.57. The Hall–Kier alpha value is -1.26. The highest BCUT2D eigenvalue weighted by atomic mass is 35.5. The summed E-state index contributed by atoms with van der Waals surface area (Å²) in [6.45, 7) is 5.44. The van der Waals surface area contributed by atoms with Gasteiger partial charge in [0.2, 0.25) is 5.91 Å². The van der Waals surface area contributed by atoms with Crippen LogP contribution in [0.4, 0.5) is 0 Å². The minimum atomic E-state index is 0. The van der Waals surface area contributed by atoms with Crippen LogP contribution in [-0.4, -0.2) is 32.1 Å². The molecule has 1 heterocycles. The van der Waals surface area contributed by atoms with Crippen molar-refractivity contribution < 1.29 is 9.53 Å². The highest BCUT2D eigenvalue weighted by molar-refractivity contribution is 5.85. The Morgan fingerprint density at radius 1 is 1.36 bits per heavy atom. The van der Waals surface area contributed by atoms with Crippen LogP contribution in [-0.2, 0) is 11.2 Å². The van der Waals surface area contributed by atoms with E-state index in [4.69, 9.17) is 4.74 Å². The summed E-state index contributed by atoms with van der Waals surface area (Å²) in [7, 11) is 0. The van der Waals surface area contributed by atoms with Gasteiger partial charge in [-0.1, -0.05) is 19.1 Å². The maximum Gasteiger partial charge on any atom is 0.223 e. The molecule has 2 N–H and O–H groups in total. The van der Waals surface area contributed by atoms with Gasteiger partial charge in [-0.3, -0.25) is 4.79 Å². The number of hydrogen-bond donors (Lipinski definition) is 2. The normalized spacial score (nSPS) is 15.0. The number of rotatable bonds is 7. The van der Waals surface area contributed by atoms with Crippen molar-refractivity contribution in [2.45, 2.75) is 32.6 Å². The highest BCUT2D eigenvalue weighted by Gasteiger charge is 2.20. The Kier molecular flexibility index (Phi) is 8.94. The molecule has 0 bridgehead atoms. The molecule has 0 aliphatic carbocycles. The Morgan fingerprint density at radius 3 is 2.86 bits per heavy atom. The van der Waals surface area contributed by atoms with Gasteiger partial charge in [0.25, 0.3) is 0 Å². The molecular formula is C17H27ClN2O2. The number of amides is 1. The summed E-state index contributed by atoms with van der Waals surface area (Å²) in [6, 6.07) is 8.13. The van der Waals surface area contributed by atoms with Gasteiger partial charge in [-0.05, 0) is 56.5 Å². The van der Waals surface area contributed by atoms with E-state index in [0.29, 0.717) is 6.54 Å². The fraction of sp³-hybridized carbons (Fsp3) is 0.588. The molecule has 1 amide bonds. The molecule has 1 fully saturated rings. The van der Waals surface area contributed by atoms with E-state index in [1.807, 2.05) is 12.1 Å². The van der Waals surface area contributed by atoms with Crippen LogP contribution in [0, 0.1) is 5.92 Å².